The maximum atomic E-state index is 13.0. The molecule has 0 aliphatic heterocycles. The van der Waals surface area contributed by atoms with Gasteiger partial charge in [-0.15, -0.1) is 0 Å². The highest BCUT2D eigenvalue weighted by molar-refractivity contribution is 5.90. The van der Waals surface area contributed by atoms with Crippen molar-refractivity contribution in [1.82, 2.24) is 10.6 Å². The molecule has 2 aromatic carbocycles. The first-order valence-electron chi connectivity index (χ1n) is 10.5. The highest BCUT2D eigenvalue weighted by atomic mass is 16.5. The number of amides is 2. The second-order valence-electron chi connectivity index (χ2n) is 7.52. The molecule has 0 spiro atoms. The molecule has 0 unspecified atom stereocenters. The van der Waals surface area contributed by atoms with Crippen LogP contribution in [0.25, 0.3) is 0 Å². The van der Waals surface area contributed by atoms with Crippen molar-refractivity contribution in [3.63, 3.8) is 0 Å². The third kappa shape index (κ3) is 7.61. The molecule has 0 aliphatic rings. The minimum absolute atomic E-state index is 0.0765. The zero-order chi connectivity index (χ0) is 23.5. The quantitative estimate of drug-likeness (QED) is 0.488. The van der Waals surface area contributed by atoms with Crippen molar-refractivity contribution in [3.05, 3.63) is 65.7 Å². The van der Waals surface area contributed by atoms with Gasteiger partial charge in [0.15, 0.2) is 0 Å². The van der Waals surface area contributed by atoms with Crippen molar-refractivity contribution in [2.75, 3.05) is 7.11 Å². The molecule has 0 bridgehead atoms. The molecule has 2 amide bonds. The van der Waals surface area contributed by atoms with Gasteiger partial charge in [0.2, 0.25) is 5.91 Å². The summed E-state index contributed by atoms with van der Waals surface area (Å²) in [5.74, 6) is -1.22. The lowest BCUT2D eigenvalue weighted by Crippen LogP contribution is -2.54. The van der Waals surface area contributed by atoms with Crippen LogP contribution in [0, 0.1) is 5.92 Å². The van der Waals surface area contributed by atoms with Gasteiger partial charge in [0.1, 0.15) is 24.4 Å². The summed E-state index contributed by atoms with van der Waals surface area (Å²) >= 11 is 0. The Morgan fingerprint density at radius 3 is 2.22 bits per heavy atom. The van der Waals surface area contributed by atoms with Crippen molar-refractivity contribution < 1.29 is 29.0 Å². The van der Waals surface area contributed by atoms with E-state index in [1.54, 1.807) is 12.1 Å². The molecule has 32 heavy (non-hydrogen) atoms. The highest BCUT2D eigenvalue weighted by Gasteiger charge is 2.30. The van der Waals surface area contributed by atoms with E-state index in [-0.39, 0.29) is 24.7 Å². The van der Waals surface area contributed by atoms with Gasteiger partial charge in [-0.3, -0.25) is 4.79 Å². The van der Waals surface area contributed by atoms with Crippen LogP contribution in [0.15, 0.2) is 54.6 Å². The second-order valence-corrected chi connectivity index (χ2v) is 7.52. The van der Waals surface area contributed by atoms with E-state index in [1.807, 2.05) is 44.2 Å². The summed E-state index contributed by atoms with van der Waals surface area (Å²) < 4.78 is 10.1. The van der Waals surface area contributed by atoms with Crippen LogP contribution < -0.4 is 10.6 Å². The Morgan fingerprint density at radius 1 is 0.969 bits per heavy atom. The van der Waals surface area contributed by atoms with Crippen LogP contribution in [0.5, 0.6) is 5.75 Å². The topological polar surface area (TPSA) is 114 Å². The normalized spacial score (nSPS) is 13.3. The third-order valence-corrected chi connectivity index (χ3v) is 5.16. The molecule has 172 valence electrons. The van der Waals surface area contributed by atoms with Crippen LogP contribution in [-0.4, -0.2) is 42.3 Å². The number of hydrogen-bond acceptors (Lipinski definition) is 6. The van der Waals surface area contributed by atoms with E-state index >= 15 is 0 Å². The van der Waals surface area contributed by atoms with E-state index in [4.69, 9.17) is 9.47 Å². The summed E-state index contributed by atoms with van der Waals surface area (Å²) in [5.41, 5.74) is 1.56. The summed E-state index contributed by atoms with van der Waals surface area (Å²) in [6.07, 6.45) is 0.0740. The number of nitrogens with one attached hydrogen (secondary N) is 2. The van der Waals surface area contributed by atoms with Crippen molar-refractivity contribution in [2.45, 2.75) is 45.4 Å². The van der Waals surface area contributed by atoms with Crippen LogP contribution in [0.3, 0.4) is 0 Å². The summed E-state index contributed by atoms with van der Waals surface area (Å²) in [6, 6.07) is 13.7. The summed E-state index contributed by atoms with van der Waals surface area (Å²) in [4.78, 5) is 37.6. The Balaban J connectivity index is 2.05. The standard InChI is InChI=1S/C24H30N2O6/c1-4-16(2)21(26-24(30)32-15-18-8-6-5-7-9-18)22(28)25-20(23(29)31-3)14-17-10-12-19(27)13-11-17/h5-13,16,20-21,27H,4,14-15H2,1-3H3,(H,25,28)(H,26,30)/t16-,20+,21+/m1/s1. The first kappa shape index (κ1) is 24.7. The maximum absolute atomic E-state index is 13.0. The molecular weight excluding hydrogens is 412 g/mol. The summed E-state index contributed by atoms with van der Waals surface area (Å²) in [6.45, 7) is 3.80. The minimum Gasteiger partial charge on any atom is -0.508 e. The maximum Gasteiger partial charge on any atom is 0.408 e. The lowest BCUT2D eigenvalue weighted by atomic mass is 9.97. The molecule has 0 aliphatic carbocycles. The first-order valence-corrected chi connectivity index (χ1v) is 10.5. The number of phenols is 1. The largest absolute Gasteiger partial charge is 0.508 e. The Bertz CT molecular complexity index is 885. The minimum atomic E-state index is -0.953. The van der Waals surface area contributed by atoms with Crippen molar-refractivity contribution in [2.24, 2.45) is 5.92 Å². The molecule has 0 heterocycles. The number of methoxy groups -OCH3 is 1. The number of benzene rings is 2. The Morgan fingerprint density at radius 2 is 1.62 bits per heavy atom. The molecule has 8 heteroatoms. The fourth-order valence-corrected chi connectivity index (χ4v) is 3.06. The molecule has 2 rings (SSSR count). The van der Waals surface area contributed by atoms with E-state index < -0.39 is 30.1 Å². The molecule has 0 radical (unpaired) electrons. The van der Waals surface area contributed by atoms with Crippen molar-refractivity contribution in [3.8, 4) is 5.75 Å². The van der Waals surface area contributed by atoms with Gasteiger partial charge in [0.25, 0.3) is 0 Å². The zero-order valence-electron chi connectivity index (χ0n) is 18.5. The number of alkyl carbamates (subject to hydrolysis) is 1. The molecule has 0 aromatic heterocycles. The van der Waals surface area contributed by atoms with Crippen LogP contribution in [0.1, 0.15) is 31.4 Å². The van der Waals surface area contributed by atoms with E-state index in [1.165, 1.54) is 19.2 Å². The van der Waals surface area contributed by atoms with E-state index in [0.717, 1.165) is 11.1 Å². The molecule has 3 atom stereocenters. The molecule has 0 saturated carbocycles. The van der Waals surface area contributed by atoms with Crippen LogP contribution in [0.2, 0.25) is 0 Å². The number of ether oxygens (including phenoxy) is 2. The molecule has 0 saturated heterocycles. The van der Waals surface area contributed by atoms with Crippen molar-refractivity contribution >= 4 is 18.0 Å². The van der Waals surface area contributed by atoms with Gasteiger partial charge in [0, 0.05) is 6.42 Å². The molecule has 0 fully saturated rings. The lowest BCUT2D eigenvalue weighted by molar-refractivity contribution is -0.145. The predicted octanol–water partition coefficient (Wildman–Crippen LogP) is 2.93. The van der Waals surface area contributed by atoms with Crippen molar-refractivity contribution in [1.29, 1.82) is 0 Å². The van der Waals surface area contributed by atoms with E-state index in [9.17, 15) is 19.5 Å². The summed E-state index contributed by atoms with van der Waals surface area (Å²) in [5, 5.41) is 14.7. The second kappa shape index (κ2) is 12.3. The number of hydrogen-bond donors (Lipinski definition) is 3. The van der Waals surface area contributed by atoms with E-state index in [2.05, 4.69) is 10.6 Å². The van der Waals surface area contributed by atoms with Crippen LogP contribution in [-0.2, 0) is 32.1 Å². The van der Waals surface area contributed by atoms with Gasteiger partial charge < -0.3 is 25.2 Å². The van der Waals surface area contributed by atoms with Crippen LogP contribution in [0.4, 0.5) is 4.79 Å². The fraction of sp³-hybridized carbons (Fsp3) is 0.375. The van der Waals surface area contributed by atoms with Gasteiger partial charge >= 0.3 is 12.1 Å². The highest BCUT2D eigenvalue weighted by Crippen LogP contribution is 2.13. The fourth-order valence-electron chi connectivity index (χ4n) is 3.06. The first-order chi connectivity index (χ1) is 15.3. The number of carbonyl (C=O) groups excluding carboxylic acids is 3. The molecule has 8 nitrogen and oxygen atoms in total. The Labute approximate surface area is 187 Å². The number of carbonyl (C=O) groups is 3. The van der Waals surface area contributed by atoms with Gasteiger partial charge in [-0.1, -0.05) is 62.7 Å². The van der Waals surface area contributed by atoms with Gasteiger partial charge in [-0.05, 0) is 29.2 Å². The molecule has 2 aromatic rings. The lowest BCUT2D eigenvalue weighted by Gasteiger charge is -2.25. The summed E-state index contributed by atoms with van der Waals surface area (Å²) in [7, 11) is 1.24. The van der Waals surface area contributed by atoms with Gasteiger partial charge in [-0.2, -0.15) is 0 Å². The molecular formula is C24H30N2O6. The Kier molecular flexibility index (Phi) is 9.53. The average Bonchev–Trinajstić information content (AvgIpc) is 2.81. The number of esters is 1. The monoisotopic (exact) mass is 442 g/mol. The van der Waals surface area contributed by atoms with Gasteiger partial charge in [-0.25, -0.2) is 9.59 Å². The number of aromatic hydroxyl groups is 1. The van der Waals surface area contributed by atoms with Gasteiger partial charge in [0.05, 0.1) is 7.11 Å². The van der Waals surface area contributed by atoms with E-state index in [0.29, 0.717) is 6.42 Å². The smallest absolute Gasteiger partial charge is 0.408 e. The molecule has 3 N–H and O–H groups in total. The Hall–Kier alpha value is -3.55. The number of rotatable bonds is 10. The zero-order valence-corrected chi connectivity index (χ0v) is 18.5. The SMILES string of the molecule is CC[C@@H](C)[C@H](NC(=O)OCc1ccccc1)C(=O)N[C@@H](Cc1ccc(O)cc1)C(=O)OC. The average molecular weight is 443 g/mol. The predicted molar refractivity (Wildman–Crippen MR) is 119 cm³/mol. The number of phenolic OH excluding ortho intramolecular Hbond substituents is 1. The third-order valence-electron chi connectivity index (χ3n) is 5.16. The van der Waals surface area contributed by atoms with Crippen LogP contribution >= 0.6 is 0 Å².